The zero-order valence-electron chi connectivity index (χ0n) is 17.6. The summed E-state index contributed by atoms with van der Waals surface area (Å²) in [6.45, 7) is 5.08. The Kier molecular flexibility index (Phi) is 5.75. The van der Waals surface area contributed by atoms with E-state index in [0.29, 0.717) is 29.2 Å². The van der Waals surface area contributed by atoms with Gasteiger partial charge in [-0.2, -0.15) is 0 Å². The number of aryl methyl sites for hydroxylation is 1. The van der Waals surface area contributed by atoms with Gasteiger partial charge in [-0.25, -0.2) is 0 Å². The zero-order valence-corrected chi connectivity index (χ0v) is 19.2. The molecule has 0 aliphatic carbocycles. The minimum Gasteiger partial charge on any atom is -0.485 e. The molecule has 3 aromatic heterocycles. The summed E-state index contributed by atoms with van der Waals surface area (Å²) in [5, 5.41) is 10.5. The molecule has 1 unspecified atom stereocenters. The van der Waals surface area contributed by atoms with Gasteiger partial charge in [-0.1, -0.05) is 30.0 Å². The van der Waals surface area contributed by atoms with E-state index in [1.165, 1.54) is 16.6 Å². The van der Waals surface area contributed by atoms with Gasteiger partial charge in [0, 0.05) is 21.8 Å². The Morgan fingerprint density at radius 2 is 2.03 bits per heavy atom. The average Bonchev–Trinajstić information content (AvgIpc) is 3.55. The fourth-order valence-electron chi connectivity index (χ4n) is 3.64. The van der Waals surface area contributed by atoms with Gasteiger partial charge in [-0.3, -0.25) is 4.79 Å². The summed E-state index contributed by atoms with van der Waals surface area (Å²) in [6, 6.07) is 13.6. The second kappa shape index (κ2) is 8.84. The van der Waals surface area contributed by atoms with E-state index in [-0.39, 0.29) is 11.5 Å². The van der Waals surface area contributed by atoms with E-state index >= 15 is 0 Å². The molecule has 0 spiro atoms. The first-order chi connectivity index (χ1) is 15.6. The van der Waals surface area contributed by atoms with Crippen molar-refractivity contribution in [3.05, 3.63) is 75.6 Å². The lowest BCUT2D eigenvalue weighted by Crippen LogP contribution is -2.21. The van der Waals surface area contributed by atoms with Gasteiger partial charge < -0.3 is 18.5 Å². The van der Waals surface area contributed by atoms with Crippen LogP contribution in [0.1, 0.15) is 38.6 Å². The molecule has 1 aliphatic heterocycles. The topological polar surface area (TPSA) is 79.4 Å². The molecule has 0 fully saturated rings. The van der Waals surface area contributed by atoms with Crippen molar-refractivity contribution >= 4 is 28.9 Å². The first kappa shape index (κ1) is 20.8. The van der Waals surface area contributed by atoms with Crippen LogP contribution in [0.3, 0.4) is 0 Å². The van der Waals surface area contributed by atoms with Crippen molar-refractivity contribution in [2.75, 3.05) is 12.4 Å². The maximum Gasteiger partial charge on any atom is 0.277 e. The highest BCUT2D eigenvalue weighted by molar-refractivity contribution is 7.99. The number of hydrogen-bond acceptors (Lipinski definition) is 8. The maximum atomic E-state index is 12.9. The predicted molar refractivity (Wildman–Crippen MR) is 122 cm³/mol. The molecule has 1 atom stereocenters. The Morgan fingerprint density at radius 3 is 2.84 bits per heavy atom. The number of nitrogens with zero attached hydrogens (tertiary/aromatic N) is 3. The Balaban J connectivity index is 1.22. The number of carbonyl (C=O) groups is 1. The number of Topliss-reactive ketones (excluding diaryl/α,β-unsaturated/α-hetero) is 1. The third kappa shape index (κ3) is 4.18. The molecule has 0 radical (unpaired) electrons. The van der Waals surface area contributed by atoms with E-state index in [0.717, 1.165) is 23.5 Å². The average molecular weight is 468 g/mol. The van der Waals surface area contributed by atoms with Gasteiger partial charge in [0.15, 0.2) is 17.3 Å². The number of thiophene rings is 1. The highest BCUT2D eigenvalue weighted by Gasteiger charge is 2.27. The predicted octanol–water partition coefficient (Wildman–Crippen LogP) is 5.09. The van der Waals surface area contributed by atoms with Gasteiger partial charge in [-0.15, -0.1) is 21.5 Å². The van der Waals surface area contributed by atoms with Gasteiger partial charge in [0.25, 0.3) is 11.1 Å². The first-order valence-corrected chi connectivity index (χ1v) is 12.0. The lowest BCUT2D eigenvalue weighted by atomic mass is 10.2. The molecule has 0 amide bonds. The van der Waals surface area contributed by atoms with Crippen LogP contribution in [0.25, 0.3) is 0 Å². The number of ketones is 1. The Labute approximate surface area is 193 Å². The lowest BCUT2D eigenvalue weighted by molar-refractivity contribution is 0.0686. The Bertz CT molecular complexity index is 1250. The standard InChI is InChI=1S/C23H21N3O4S2/c1-14-10-17(15(2)26(14)11-16-6-5-9-31-16)18(27)13-32-23-25-24-22(30-23)21-12-28-19-7-3-4-8-20(19)29-21/h3-10,21H,11-13H2,1-2H3. The smallest absolute Gasteiger partial charge is 0.277 e. The largest absolute Gasteiger partial charge is 0.485 e. The van der Waals surface area contributed by atoms with E-state index < -0.39 is 6.10 Å². The number of ether oxygens (including phenoxy) is 2. The second-order valence-electron chi connectivity index (χ2n) is 7.43. The monoisotopic (exact) mass is 467 g/mol. The molecule has 164 valence electrons. The van der Waals surface area contributed by atoms with E-state index in [2.05, 4.69) is 26.2 Å². The van der Waals surface area contributed by atoms with Crippen molar-refractivity contribution in [3.63, 3.8) is 0 Å². The number of para-hydroxylation sites is 2. The van der Waals surface area contributed by atoms with Gasteiger partial charge in [0.1, 0.15) is 6.61 Å². The summed E-state index contributed by atoms with van der Waals surface area (Å²) in [5.41, 5.74) is 2.77. The van der Waals surface area contributed by atoms with Crippen LogP contribution in [0, 0.1) is 13.8 Å². The Morgan fingerprint density at radius 1 is 1.19 bits per heavy atom. The summed E-state index contributed by atoms with van der Waals surface area (Å²) < 4.78 is 19.5. The third-order valence-electron chi connectivity index (χ3n) is 5.30. The number of carbonyl (C=O) groups excluding carboxylic acids is 1. The normalized spacial score (nSPS) is 15.1. The molecule has 32 heavy (non-hydrogen) atoms. The van der Waals surface area contributed by atoms with Crippen LogP contribution in [0.2, 0.25) is 0 Å². The van der Waals surface area contributed by atoms with Crippen LogP contribution in [0.5, 0.6) is 11.5 Å². The van der Waals surface area contributed by atoms with Crippen molar-refractivity contribution in [1.29, 1.82) is 0 Å². The first-order valence-electron chi connectivity index (χ1n) is 10.2. The maximum absolute atomic E-state index is 12.9. The summed E-state index contributed by atoms with van der Waals surface area (Å²) >= 11 is 2.94. The van der Waals surface area contributed by atoms with Gasteiger partial charge in [0.05, 0.1) is 12.3 Å². The summed E-state index contributed by atoms with van der Waals surface area (Å²) in [5.74, 6) is 1.93. The molecule has 4 aromatic rings. The number of rotatable bonds is 7. The number of aromatic nitrogens is 3. The number of hydrogen-bond donors (Lipinski definition) is 0. The fourth-order valence-corrected chi connectivity index (χ4v) is 4.99. The van der Waals surface area contributed by atoms with Crippen molar-refractivity contribution in [2.24, 2.45) is 0 Å². The minimum absolute atomic E-state index is 0.0338. The van der Waals surface area contributed by atoms with Crippen LogP contribution in [-0.4, -0.2) is 32.9 Å². The van der Waals surface area contributed by atoms with Crippen LogP contribution < -0.4 is 9.47 Å². The number of benzene rings is 1. The van der Waals surface area contributed by atoms with Gasteiger partial charge in [0.2, 0.25) is 6.10 Å². The number of fused-ring (bicyclic) bond motifs is 1. The van der Waals surface area contributed by atoms with Crippen molar-refractivity contribution in [2.45, 2.75) is 31.7 Å². The second-order valence-corrected chi connectivity index (χ2v) is 9.39. The Hall–Kier alpha value is -3.04. The molecule has 1 aliphatic rings. The minimum atomic E-state index is -0.473. The van der Waals surface area contributed by atoms with E-state index in [9.17, 15) is 4.79 Å². The van der Waals surface area contributed by atoms with Crippen LogP contribution in [0.15, 0.2) is 57.5 Å². The van der Waals surface area contributed by atoms with E-state index in [4.69, 9.17) is 13.9 Å². The van der Waals surface area contributed by atoms with E-state index in [1.807, 2.05) is 50.2 Å². The quantitative estimate of drug-likeness (QED) is 0.277. The zero-order chi connectivity index (χ0) is 22.1. The molecule has 0 saturated carbocycles. The summed E-state index contributed by atoms with van der Waals surface area (Å²) in [4.78, 5) is 14.1. The van der Waals surface area contributed by atoms with E-state index in [1.54, 1.807) is 11.3 Å². The molecule has 0 bridgehead atoms. The summed E-state index contributed by atoms with van der Waals surface area (Å²) in [7, 11) is 0. The molecular weight excluding hydrogens is 446 g/mol. The highest BCUT2D eigenvalue weighted by Crippen LogP contribution is 2.36. The van der Waals surface area contributed by atoms with Crippen LogP contribution in [-0.2, 0) is 6.54 Å². The molecule has 4 heterocycles. The molecule has 5 rings (SSSR count). The highest BCUT2D eigenvalue weighted by atomic mass is 32.2. The van der Waals surface area contributed by atoms with Crippen molar-refractivity contribution in [1.82, 2.24) is 14.8 Å². The van der Waals surface area contributed by atoms with Crippen molar-refractivity contribution in [3.8, 4) is 11.5 Å². The SMILES string of the molecule is Cc1cc(C(=O)CSc2nnc(C3COc4ccccc4O3)o2)c(C)n1Cc1cccs1. The van der Waals surface area contributed by atoms with Crippen molar-refractivity contribution < 1.29 is 18.7 Å². The lowest BCUT2D eigenvalue weighted by Gasteiger charge is -2.23. The van der Waals surface area contributed by atoms with Gasteiger partial charge in [-0.05, 0) is 43.5 Å². The van der Waals surface area contributed by atoms with Gasteiger partial charge >= 0.3 is 0 Å². The van der Waals surface area contributed by atoms with Crippen LogP contribution in [0.4, 0.5) is 0 Å². The fraction of sp³-hybridized carbons (Fsp3) is 0.261. The third-order valence-corrected chi connectivity index (χ3v) is 6.98. The molecule has 9 heteroatoms. The molecular formula is C23H21N3O4S2. The molecule has 1 aromatic carbocycles. The molecule has 7 nitrogen and oxygen atoms in total. The number of thioether (sulfide) groups is 1. The summed E-state index contributed by atoms with van der Waals surface area (Å²) in [6.07, 6.45) is -0.473. The molecule has 0 saturated heterocycles. The molecule has 0 N–H and O–H groups in total. The van der Waals surface area contributed by atoms with Crippen LogP contribution >= 0.6 is 23.1 Å².